The van der Waals surface area contributed by atoms with Gasteiger partial charge in [-0.15, -0.1) is 0 Å². The van der Waals surface area contributed by atoms with Gasteiger partial charge in [0.15, 0.2) is 0 Å². The molecule has 1 atom stereocenters. The maximum Gasteiger partial charge on any atom is 2.00 e. The van der Waals surface area contributed by atoms with Crippen LogP contribution in [0.1, 0.15) is 12.8 Å². The zero-order chi connectivity index (χ0) is 8.15. The van der Waals surface area contributed by atoms with Crippen LogP contribution in [0.2, 0.25) is 0 Å². The Labute approximate surface area is 85.0 Å². The van der Waals surface area contributed by atoms with Crippen molar-refractivity contribution in [2.75, 3.05) is 0 Å². The second kappa shape index (κ2) is 11.3. The van der Waals surface area contributed by atoms with Crippen molar-refractivity contribution in [3.8, 4) is 0 Å². The van der Waals surface area contributed by atoms with E-state index in [1.165, 1.54) is 0 Å². The SMILES string of the molecule is NC(CCC(=O)O)C(=O)O.[Cu+2].[OH-].[OH-]. The Kier molecular flexibility index (Phi) is 19.9. The molecule has 0 fully saturated rings. The molecule has 0 aliphatic heterocycles. The van der Waals surface area contributed by atoms with E-state index in [2.05, 4.69) is 0 Å². The molecule has 0 aliphatic rings. The molecular formula is C5H11CuNO6. The monoisotopic (exact) mass is 244 g/mol. The molecule has 7 nitrogen and oxygen atoms in total. The predicted molar refractivity (Wildman–Crippen MR) is 36.4 cm³/mol. The summed E-state index contributed by atoms with van der Waals surface area (Å²) < 4.78 is 0. The molecule has 0 bridgehead atoms. The van der Waals surface area contributed by atoms with Crippen molar-refractivity contribution >= 4 is 11.9 Å². The van der Waals surface area contributed by atoms with Crippen LogP contribution in [0.4, 0.5) is 0 Å². The van der Waals surface area contributed by atoms with Crippen LogP contribution in [-0.4, -0.2) is 39.1 Å². The molecule has 0 heterocycles. The summed E-state index contributed by atoms with van der Waals surface area (Å²) in [5.41, 5.74) is 5.00. The number of carboxylic acids is 2. The quantitative estimate of drug-likeness (QED) is 0.529. The Bertz CT molecular complexity index is 152. The molecule has 0 spiro atoms. The van der Waals surface area contributed by atoms with E-state index in [4.69, 9.17) is 15.9 Å². The molecule has 0 aliphatic carbocycles. The first kappa shape index (κ1) is 22.8. The van der Waals surface area contributed by atoms with Gasteiger partial charge in [-0.3, -0.25) is 9.59 Å². The normalized spacial score (nSPS) is 9.62. The third kappa shape index (κ3) is 14.2. The molecule has 1 unspecified atom stereocenters. The maximum atomic E-state index is 9.99. The second-order valence-electron chi connectivity index (χ2n) is 1.88. The molecule has 8 heteroatoms. The van der Waals surface area contributed by atoms with Gasteiger partial charge in [-0.2, -0.15) is 0 Å². The molecule has 0 saturated heterocycles. The zero-order valence-electron chi connectivity index (χ0n) is 6.48. The van der Waals surface area contributed by atoms with Crippen LogP contribution in [0.3, 0.4) is 0 Å². The van der Waals surface area contributed by atoms with Gasteiger partial charge in [-0.05, 0) is 6.42 Å². The topological polar surface area (TPSA) is 161 Å². The molecular weight excluding hydrogens is 234 g/mol. The van der Waals surface area contributed by atoms with Gasteiger partial charge in [0, 0.05) is 6.42 Å². The fourth-order valence-electron chi connectivity index (χ4n) is 0.402. The Balaban J connectivity index is -0.000000135. The molecule has 0 amide bonds. The molecule has 1 radical (unpaired) electrons. The van der Waals surface area contributed by atoms with Crippen molar-refractivity contribution in [2.24, 2.45) is 5.73 Å². The van der Waals surface area contributed by atoms with Gasteiger partial charge >= 0.3 is 29.0 Å². The molecule has 0 saturated carbocycles. The van der Waals surface area contributed by atoms with Gasteiger partial charge in [0.1, 0.15) is 6.04 Å². The number of nitrogens with two attached hydrogens (primary N) is 1. The summed E-state index contributed by atoms with van der Waals surface area (Å²) in [4.78, 5) is 19.9. The number of rotatable bonds is 4. The van der Waals surface area contributed by atoms with Gasteiger partial charge in [0.25, 0.3) is 0 Å². The van der Waals surface area contributed by atoms with Crippen LogP contribution in [0, 0.1) is 0 Å². The van der Waals surface area contributed by atoms with Crippen LogP contribution in [0.15, 0.2) is 0 Å². The van der Waals surface area contributed by atoms with Crippen molar-refractivity contribution in [3.05, 3.63) is 0 Å². The molecule has 0 aromatic rings. The van der Waals surface area contributed by atoms with Crippen molar-refractivity contribution in [1.29, 1.82) is 0 Å². The minimum absolute atomic E-state index is 0. The third-order valence-electron chi connectivity index (χ3n) is 0.986. The summed E-state index contributed by atoms with van der Waals surface area (Å²) >= 11 is 0. The largest absolute Gasteiger partial charge is 2.00 e. The number of aliphatic carboxylic acids is 2. The standard InChI is InChI=1S/C5H9NO4.Cu.2H2O/c6-3(5(9)10)1-2-4(7)8;;;/h3H,1-2,6H2,(H,7,8)(H,9,10);;2*1H2/q;+2;;/p-2. The van der Waals surface area contributed by atoms with Gasteiger partial charge in [0.05, 0.1) is 0 Å². The smallest absolute Gasteiger partial charge is 0.870 e. The predicted octanol–water partition coefficient (Wildman–Crippen LogP) is -1.09. The number of carboxylic acid groups (broad SMARTS) is 2. The summed E-state index contributed by atoms with van der Waals surface area (Å²) in [5.74, 6) is -2.20. The van der Waals surface area contributed by atoms with E-state index < -0.39 is 18.0 Å². The van der Waals surface area contributed by atoms with E-state index in [0.717, 1.165) is 0 Å². The van der Waals surface area contributed by atoms with E-state index in [0.29, 0.717) is 0 Å². The van der Waals surface area contributed by atoms with E-state index in [1.54, 1.807) is 0 Å². The van der Waals surface area contributed by atoms with Gasteiger partial charge < -0.3 is 26.9 Å². The Hall–Kier alpha value is -0.661. The Morgan fingerprint density at radius 1 is 1.23 bits per heavy atom. The van der Waals surface area contributed by atoms with Crippen molar-refractivity contribution in [2.45, 2.75) is 18.9 Å². The molecule has 13 heavy (non-hydrogen) atoms. The van der Waals surface area contributed by atoms with Crippen LogP contribution >= 0.6 is 0 Å². The van der Waals surface area contributed by atoms with Crippen LogP contribution < -0.4 is 5.73 Å². The number of hydrogen-bond donors (Lipinski definition) is 3. The van der Waals surface area contributed by atoms with Gasteiger partial charge in [-0.1, -0.05) is 0 Å². The van der Waals surface area contributed by atoms with Gasteiger partial charge in [-0.25, -0.2) is 0 Å². The van der Waals surface area contributed by atoms with E-state index in [-0.39, 0.29) is 40.9 Å². The maximum absolute atomic E-state index is 9.99. The fourth-order valence-corrected chi connectivity index (χ4v) is 0.402. The molecule has 0 aromatic heterocycles. The van der Waals surface area contributed by atoms with E-state index in [1.807, 2.05) is 0 Å². The third-order valence-corrected chi connectivity index (χ3v) is 0.986. The summed E-state index contributed by atoms with van der Waals surface area (Å²) in [5, 5.41) is 16.3. The molecule has 83 valence electrons. The van der Waals surface area contributed by atoms with Crippen molar-refractivity contribution < 1.29 is 47.8 Å². The van der Waals surface area contributed by atoms with E-state index >= 15 is 0 Å². The molecule has 0 rings (SSSR count). The number of hydrogen-bond acceptors (Lipinski definition) is 5. The summed E-state index contributed by atoms with van der Waals surface area (Å²) in [7, 11) is 0. The molecule has 6 N–H and O–H groups in total. The first-order chi connectivity index (χ1) is 4.54. The average molecular weight is 245 g/mol. The minimum atomic E-state index is -1.17. The average Bonchev–Trinajstić information content (AvgIpc) is 1.82. The minimum Gasteiger partial charge on any atom is -0.870 e. The van der Waals surface area contributed by atoms with Crippen LogP contribution in [0.5, 0.6) is 0 Å². The Morgan fingerprint density at radius 3 is 1.85 bits per heavy atom. The van der Waals surface area contributed by atoms with Crippen molar-refractivity contribution in [3.63, 3.8) is 0 Å². The van der Waals surface area contributed by atoms with Crippen molar-refractivity contribution in [1.82, 2.24) is 0 Å². The van der Waals surface area contributed by atoms with Crippen LogP contribution in [0.25, 0.3) is 0 Å². The zero-order valence-corrected chi connectivity index (χ0v) is 7.42. The Morgan fingerprint density at radius 2 is 1.62 bits per heavy atom. The summed E-state index contributed by atoms with van der Waals surface area (Å²) in [6.07, 6.45) is -0.224. The van der Waals surface area contributed by atoms with Crippen LogP contribution in [-0.2, 0) is 26.7 Å². The first-order valence-electron chi connectivity index (χ1n) is 2.74. The fraction of sp³-hybridized carbons (Fsp3) is 0.600. The summed E-state index contributed by atoms with van der Waals surface area (Å²) in [6, 6.07) is -1.06. The second-order valence-corrected chi connectivity index (χ2v) is 1.88. The summed E-state index contributed by atoms with van der Waals surface area (Å²) in [6.45, 7) is 0. The van der Waals surface area contributed by atoms with Gasteiger partial charge in [0.2, 0.25) is 0 Å². The number of carbonyl (C=O) groups is 2. The van der Waals surface area contributed by atoms with E-state index in [9.17, 15) is 9.59 Å². The molecule has 0 aromatic carbocycles. The first-order valence-corrected chi connectivity index (χ1v) is 2.74.